The quantitative estimate of drug-likeness (QED) is 0.323. The number of nitrogens with zero attached hydrogens (tertiary/aromatic N) is 1. The molecular weight excluding hydrogens is 420 g/mol. The van der Waals surface area contributed by atoms with Crippen molar-refractivity contribution in [3.63, 3.8) is 0 Å². The lowest BCUT2D eigenvalue weighted by molar-refractivity contribution is 0.209. The van der Waals surface area contributed by atoms with Crippen molar-refractivity contribution < 1.29 is 9.90 Å². The molecule has 0 fully saturated rings. The number of fused-ring (bicyclic) bond motifs is 1. The number of pyridine rings is 1. The summed E-state index contributed by atoms with van der Waals surface area (Å²) < 4.78 is 0. The number of aryl methyl sites for hydroxylation is 2. The van der Waals surface area contributed by atoms with Crippen molar-refractivity contribution in [3.05, 3.63) is 112 Å². The highest BCUT2D eigenvalue weighted by Crippen LogP contribution is 2.20. The molecule has 0 atom stereocenters. The van der Waals surface area contributed by atoms with Gasteiger partial charge in [0.05, 0.1) is 5.52 Å². The molecule has 4 rings (SSSR count). The van der Waals surface area contributed by atoms with Gasteiger partial charge < -0.3 is 5.11 Å². The van der Waals surface area contributed by atoms with E-state index in [1.165, 1.54) is 5.56 Å². The molecule has 4 nitrogen and oxygen atoms in total. The standard InChI is InChI=1S/C27H23ClN2O2/c28-23-14-12-22-13-16-24(29-26(22)18-23)15-11-20-6-3-5-19(17-20)7-4-9-21-8-1-2-10-25(21)30-27(31)32/h1-8,10,12-14,16-18,30H,9,11,15H2,(H,31,32)/b7-4+. The largest absolute Gasteiger partial charge is 0.465 e. The van der Waals surface area contributed by atoms with E-state index in [2.05, 4.69) is 53.9 Å². The monoisotopic (exact) mass is 442 g/mol. The molecule has 1 amide bonds. The average Bonchev–Trinajstić information content (AvgIpc) is 2.78. The molecule has 0 spiro atoms. The van der Waals surface area contributed by atoms with Crippen LogP contribution in [0.2, 0.25) is 5.02 Å². The first-order valence-corrected chi connectivity index (χ1v) is 10.8. The van der Waals surface area contributed by atoms with Gasteiger partial charge in [0.1, 0.15) is 0 Å². The Morgan fingerprint density at radius 2 is 1.81 bits per heavy atom. The number of amides is 1. The number of benzene rings is 3. The van der Waals surface area contributed by atoms with Crippen LogP contribution in [0.3, 0.4) is 0 Å². The number of carboxylic acid groups (broad SMARTS) is 1. The number of nitrogens with one attached hydrogen (secondary N) is 1. The zero-order valence-corrected chi connectivity index (χ0v) is 18.2. The average molecular weight is 443 g/mol. The highest BCUT2D eigenvalue weighted by molar-refractivity contribution is 6.31. The van der Waals surface area contributed by atoms with Crippen molar-refractivity contribution in [2.75, 3.05) is 5.32 Å². The van der Waals surface area contributed by atoms with Crippen molar-refractivity contribution in [2.45, 2.75) is 19.3 Å². The number of carbonyl (C=O) groups is 1. The third kappa shape index (κ3) is 5.74. The summed E-state index contributed by atoms with van der Waals surface area (Å²) in [6.45, 7) is 0. The highest BCUT2D eigenvalue weighted by atomic mass is 35.5. The van der Waals surface area contributed by atoms with Crippen LogP contribution < -0.4 is 5.32 Å². The molecular formula is C27H23ClN2O2. The number of rotatable bonds is 7. The van der Waals surface area contributed by atoms with Gasteiger partial charge in [-0.05, 0) is 60.2 Å². The van der Waals surface area contributed by atoms with Crippen LogP contribution in [0.5, 0.6) is 0 Å². The van der Waals surface area contributed by atoms with Crippen molar-refractivity contribution in [2.24, 2.45) is 0 Å². The van der Waals surface area contributed by atoms with Gasteiger partial charge >= 0.3 is 6.09 Å². The topological polar surface area (TPSA) is 62.2 Å². The molecule has 0 saturated heterocycles. The second kappa shape index (κ2) is 10.1. The van der Waals surface area contributed by atoms with Gasteiger partial charge in [0, 0.05) is 21.8 Å². The first kappa shape index (κ1) is 21.6. The molecule has 0 saturated carbocycles. The summed E-state index contributed by atoms with van der Waals surface area (Å²) >= 11 is 6.10. The third-order valence-corrected chi connectivity index (χ3v) is 5.47. The third-order valence-electron chi connectivity index (χ3n) is 5.24. The molecule has 32 heavy (non-hydrogen) atoms. The van der Waals surface area contributed by atoms with Crippen LogP contribution in [0.1, 0.15) is 22.4 Å². The highest BCUT2D eigenvalue weighted by Gasteiger charge is 2.04. The summed E-state index contributed by atoms with van der Waals surface area (Å²) in [5.74, 6) is 0. The molecule has 1 aromatic heterocycles. The fourth-order valence-electron chi connectivity index (χ4n) is 3.65. The zero-order valence-electron chi connectivity index (χ0n) is 17.5. The van der Waals surface area contributed by atoms with E-state index in [1.54, 1.807) is 6.07 Å². The predicted molar refractivity (Wildman–Crippen MR) is 131 cm³/mol. The Kier molecular flexibility index (Phi) is 6.83. The molecule has 0 aliphatic carbocycles. The summed E-state index contributed by atoms with van der Waals surface area (Å²) in [7, 11) is 0. The Balaban J connectivity index is 1.40. The minimum atomic E-state index is -1.06. The molecule has 0 aliphatic rings. The maximum Gasteiger partial charge on any atom is 0.409 e. The van der Waals surface area contributed by atoms with Gasteiger partial charge in [-0.2, -0.15) is 0 Å². The van der Waals surface area contributed by atoms with Gasteiger partial charge in [-0.15, -0.1) is 0 Å². The molecule has 5 heteroatoms. The second-order valence-electron chi connectivity index (χ2n) is 7.58. The van der Waals surface area contributed by atoms with E-state index >= 15 is 0 Å². The molecule has 3 aromatic carbocycles. The SMILES string of the molecule is O=C(O)Nc1ccccc1C/C=C/c1cccc(CCc2ccc3ccc(Cl)cc3n2)c1. The lowest BCUT2D eigenvalue weighted by Gasteiger charge is -2.07. The number of anilines is 1. The van der Waals surface area contributed by atoms with E-state index in [0.29, 0.717) is 17.1 Å². The smallest absolute Gasteiger partial charge is 0.409 e. The van der Waals surface area contributed by atoms with Gasteiger partial charge in [-0.1, -0.05) is 78.4 Å². The van der Waals surface area contributed by atoms with Crippen molar-refractivity contribution in [1.82, 2.24) is 4.98 Å². The van der Waals surface area contributed by atoms with E-state index in [9.17, 15) is 4.79 Å². The summed E-state index contributed by atoms with van der Waals surface area (Å²) in [6, 6.07) is 25.8. The summed E-state index contributed by atoms with van der Waals surface area (Å²) in [5, 5.41) is 13.2. The number of para-hydroxylation sites is 1. The number of aromatic nitrogens is 1. The first-order valence-electron chi connectivity index (χ1n) is 10.5. The first-order chi connectivity index (χ1) is 15.6. The maximum atomic E-state index is 11.0. The minimum absolute atomic E-state index is 0.613. The molecule has 1 heterocycles. The number of halogens is 1. The van der Waals surface area contributed by atoms with Crippen LogP contribution in [-0.4, -0.2) is 16.2 Å². The molecule has 0 radical (unpaired) electrons. The number of hydrogen-bond acceptors (Lipinski definition) is 2. The van der Waals surface area contributed by atoms with E-state index in [-0.39, 0.29) is 0 Å². The summed E-state index contributed by atoms with van der Waals surface area (Å²) in [4.78, 5) is 15.7. The van der Waals surface area contributed by atoms with E-state index < -0.39 is 6.09 Å². The Hall–Kier alpha value is -3.63. The summed E-state index contributed by atoms with van der Waals surface area (Å²) in [6.07, 6.45) is 5.45. The van der Waals surface area contributed by atoms with E-state index in [1.807, 2.05) is 36.4 Å². The minimum Gasteiger partial charge on any atom is -0.465 e. The maximum absolute atomic E-state index is 11.0. The van der Waals surface area contributed by atoms with Gasteiger partial charge in [0.25, 0.3) is 0 Å². The normalized spacial score (nSPS) is 11.2. The molecule has 0 aliphatic heterocycles. The predicted octanol–water partition coefficient (Wildman–Crippen LogP) is 7.02. The van der Waals surface area contributed by atoms with Crippen LogP contribution in [0.15, 0.2) is 84.9 Å². The number of allylic oxidation sites excluding steroid dienone is 1. The van der Waals surface area contributed by atoms with Crippen molar-refractivity contribution >= 4 is 40.4 Å². The van der Waals surface area contributed by atoms with Gasteiger partial charge in [-0.3, -0.25) is 10.3 Å². The zero-order chi connectivity index (χ0) is 22.3. The molecule has 0 bridgehead atoms. The van der Waals surface area contributed by atoms with Crippen LogP contribution in [0.4, 0.5) is 10.5 Å². The Morgan fingerprint density at radius 3 is 2.69 bits per heavy atom. The molecule has 160 valence electrons. The van der Waals surface area contributed by atoms with Crippen LogP contribution in [-0.2, 0) is 19.3 Å². The molecule has 0 unspecified atom stereocenters. The van der Waals surface area contributed by atoms with Gasteiger partial charge in [-0.25, -0.2) is 4.79 Å². The van der Waals surface area contributed by atoms with E-state index in [0.717, 1.165) is 40.6 Å². The van der Waals surface area contributed by atoms with Gasteiger partial charge in [0.15, 0.2) is 0 Å². The Labute approximate surface area is 192 Å². The van der Waals surface area contributed by atoms with Crippen LogP contribution in [0, 0.1) is 0 Å². The van der Waals surface area contributed by atoms with Crippen LogP contribution >= 0.6 is 11.6 Å². The van der Waals surface area contributed by atoms with E-state index in [4.69, 9.17) is 21.7 Å². The number of hydrogen-bond donors (Lipinski definition) is 2. The van der Waals surface area contributed by atoms with Crippen molar-refractivity contribution in [3.8, 4) is 0 Å². The fourth-order valence-corrected chi connectivity index (χ4v) is 3.82. The lowest BCUT2D eigenvalue weighted by atomic mass is 10.0. The molecule has 4 aromatic rings. The molecule has 2 N–H and O–H groups in total. The second-order valence-corrected chi connectivity index (χ2v) is 8.01. The van der Waals surface area contributed by atoms with Gasteiger partial charge in [0.2, 0.25) is 0 Å². The Bertz CT molecular complexity index is 1280. The lowest BCUT2D eigenvalue weighted by Crippen LogP contribution is -2.08. The Morgan fingerprint density at radius 1 is 0.969 bits per heavy atom. The van der Waals surface area contributed by atoms with Crippen molar-refractivity contribution in [1.29, 1.82) is 0 Å². The summed E-state index contributed by atoms with van der Waals surface area (Å²) in [5.41, 5.74) is 5.87. The fraction of sp³-hybridized carbons (Fsp3) is 0.111. The van der Waals surface area contributed by atoms with Crippen LogP contribution in [0.25, 0.3) is 17.0 Å².